The van der Waals surface area contributed by atoms with Gasteiger partial charge in [0.05, 0.1) is 6.54 Å². The van der Waals surface area contributed by atoms with Crippen molar-refractivity contribution in [3.63, 3.8) is 0 Å². The summed E-state index contributed by atoms with van der Waals surface area (Å²) in [5.74, 6) is 0.268. The molecule has 0 saturated heterocycles. The third-order valence-electron chi connectivity index (χ3n) is 2.67. The van der Waals surface area contributed by atoms with Gasteiger partial charge < -0.3 is 19.6 Å². The molecule has 0 aliphatic heterocycles. The second-order valence-corrected chi connectivity index (χ2v) is 4.16. The van der Waals surface area contributed by atoms with E-state index in [4.69, 9.17) is 0 Å². The molecule has 0 spiro atoms. The van der Waals surface area contributed by atoms with Crippen molar-refractivity contribution < 1.29 is 9.72 Å². The Kier molecular flexibility index (Phi) is 4.03. The number of nitrogens with zero attached hydrogens (tertiary/aromatic N) is 6. The Bertz CT molecular complexity index is 592. The van der Waals surface area contributed by atoms with Crippen LogP contribution in [0.3, 0.4) is 0 Å². The summed E-state index contributed by atoms with van der Waals surface area (Å²) in [6.07, 6.45) is 4.22. The maximum absolute atomic E-state index is 11.9. The lowest BCUT2D eigenvalue weighted by Gasteiger charge is -2.15. The first-order valence-corrected chi connectivity index (χ1v) is 5.80. The van der Waals surface area contributed by atoms with Gasteiger partial charge in [-0.15, -0.1) is 0 Å². The fourth-order valence-electron chi connectivity index (χ4n) is 1.60. The van der Waals surface area contributed by atoms with Gasteiger partial charge in [-0.3, -0.25) is 9.89 Å². The lowest BCUT2D eigenvalue weighted by Crippen LogP contribution is -2.27. The molecule has 1 N–H and O–H groups in total. The number of H-pyrrole nitrogens is 1. The molecule has 0 aromatic carbocycles. The Balaban J connectivity index is 1.83. The maximum Gasteiger partial charge on any atom is 0.381 e. The number of imidazole rings is 1. The summed E-state index contributed by atoms with van der Waals surface area (Å²) in [7, 11) is 1.65. The average Bonchev–Trinajstić information content (AvgIpc) is 3.06. The number of carbonyl (C=O) groups is 1. The third-order valence-corrected chi connectivity index (χ3v) is 2.67. The minimum Gasteiger partial charge on any atom is -0.358 e. The first-order valence-electron chi connectivity index (χ1n) is 5.80. The minimum absolute atomic E-state index is 0.0993. The van der Waals surface area contributed by atoms with Crippen LogP contribution in [0.25, 0.3) is 0 Å². The highest BCUT2D eigenvalue weighted by molar-refractivity contribution is 5.75. The summed E-state index contributed by atoms with van der Waals surface area (Å²) in [5, 5.41) is 16.8. The fraction of sp³-hybridized carbons (Fsp3) is 0.400. The first-order chi connectivity index (χ1) is 9.56. The molecule has 10 nitrogen and oxygen atoms in total. The number of carbonyl (C=O) groups excluding carboxylic acids is 1. The number of hydrogen-bond acceptors (Lipinski definition) is 6. The van der Waals surface area contributed by atoms with Crippen LogP contribution in [0.5, 0.6) is 0 Å². The van der Waals surface area contributed by atoms with Crippen LogP contribution >= 0.6 is 0 Å². The molecule has 0 fully saturated rings. The third kappa shape index (κ3) is 3.37. The quantitative estimate of drug-likeness (QED) is 0.584. The monoisotopic (exact) mass is 279 g/mol. The molecule has 0 saturated carbocycles. The predicted octanol–water partition coefficient (Wildman–Crippen LogP) is -0.0419. The van der Waals surface area contributed by atoms with Crippen LogP contribution in [-0.4, -0.2) is 47.5 Å². The van der Waals surface area contributed by atoms with Gasteiger partial charge >= 0.3 is 5.82 Å². The van der Waals surface area contributed by atoms with Gasteiger partial charge in [-0.25, -0.2) is 4.98 Å². The van der Waals surface area contributed by atoms with Crippen molar-refractivity contribution in [1.29, 1.82) is 0 Å². The Morgan fingerprint density at radius 3 is 2.95 bits per heavy atom. The number of hydrogen-bond donors (Lipinski definition) is 1. The van der Waals surface area contributed by atoms with Crippen molar-refractivity contribution in [3.8, 4) is 0 Å². The van der Waals surface area contributed by atoms with Crippen molar-refractivity contribution >= 4 is 11.7 Å². The van der Waals surface area contributed by atoms with E-state index in [0.717, 1.165) is 0 Å². The number of aromatic amines is 1. The predicted molar refractivity (Wildman–Crippen MR) is 66.4 cm³/mol. The Labute approximate surface area is 113 Å². The van der Waals surface area contributed by atoms with Crippen molar-refractivity contribution in [3.05, 3.63) is 34.8 Å². The van der Waals surface area contributed by atoms with Gasteiger partial charge in [0.1, 0.15) is 18.3 Å². The van der Waals surface area contributed by atoms with E-state index in [1.807, 2.05) is 0 Å². The highest BCUT2D eigenvalue weighted by Crippen LogP contribution is 2.07. The number of nitrogens with one attached hydrogen (secondary N) is 1. The standard InChI is InChI=1S/C10H13N7O3/c1-15(4-8-11-6-13-14-8)10(18)2-3-16-5-9(12-7-16)17(19)20/h5-7H,2-4H2,1H3,(H,11,13,14). The molecular formula is C10H13N7O3. The van der Waals surface area contributed by atoms with Crippen LogP contribution in [0.15, 0.2) is 18.9 Å². The summed E-state index contributed by atoms with van der Waals surface area (Å²) in [6.45, 7) is 0.670. The number of aryl methyl sites for hydroxylation is 1. The van der Waals surface area contributed by atoms with Crippen LogP contribution in [0.4, 0.5) is 5.82 Å². The Morgan fingerprint density at radius 2 is 2.35 bits per heavy atom. The van der Waals surface area contributed by atoms with Crippen LogP contribution in [-0.2, 0) is 17.9 Å². The molecule has 2 heterocycles. The zero-order chi connectivity index (χ0) is 14.5. The normalized spacial score (nSPS) is 10.4. The molecule has 106 valence electrons. The number of rotatable bonds is 6. The van der Waals surface area contributed by atoms with Gasteiger partial charge in [0.25, 0.3) is 0 Å². The summed E-state index contributed by atoms with van der Waals surface area (Å²) in [5.41, 5.74) is 0. The summed E-state index contributed by atoms with van der Waals surface area (Å²) >= 11 is 0. The molecule has 0 bridgehead atoms. The molecule has 0 unspecified atom stereocenters. The summed E-state index contributed by atoms with van der Waals surface area (Å²) < 4.78 is 1.51. The molecule has 0 radical (unpaired) electrons. The molecule has 10 heteroatoms. The van der Waals surface area contributed by atoms with Crippen LogP contribution < -0.4 is 0 Å². The molecule has 1 amide bonds. The molecule has 2 aromatic rings. The lowest BCUT2D eigenvalue weighted by molar-refractivity contribution is -0.389. The zero-order valence-electron chi connectivity index (χ0n) is 10.8. The topological polar surface area (TPSA) is 123 Å². The highest BCUT2D eigenvalue weighted by atomic mass is 16.6. The zero-order valence-corrected chi connectivity index (χ0v) is 10.8. The van der Waals surface area contributed by atoms with Crippen molar-refractivity contribution in [2.75, 3.05) is 7.05 Å². The number of aromatic nitrogens is 5. The maximum atomic E-state index is 11.9. The average molecular weight is 279 g/mol. The second-order valence-electron chi connectivity index (χ2n) is 4.16. The molecule has 20 heavy (non-hydrogen) atoms. The van der Waals surface area contributed by atoms with Gasteiger partial charge in [-0.1, -0.05) is 0 Å². The fourth-order valence-corrected chi connectivity index (χ4v) is 1.60. The van der Waals surface area contributed by atoms with E-state index in [9.17, 15) is 14.9 Å². The van der Waals surface area contributed by atoms with Crippen LogP contribution in [0.2, 0.25) is 0 Å². The Morgan fingerprint density at radius 1 is 1.55 bits per heavy atom. The molecule has 0 aliphatic rings. The summed E-state index contributed by atoms with van der Waals surface area (Å²) in [6, 6.07) is 0. The van der Waals surface area contributed by atoms with Crippen molar-refractivity contribution in [1.82, 2.24) is 29.6 Å². The molecule has 2 rings (SSSR count). The first kappa shape index (κ1) is 13.6. The summed E-state index contributed by atoms with van der Waals surface area (Å²) in [4.78, 5) is 30.8. The smallest absolute Gasteiger partial charge is 0.358 e. The van der Waals surface area contributed by atoms with Crippen LogP contribution in [0, 0.1) is 10.1 Å². The van der Waals surface area contributed by atoms with Gasteiger partial charge in [0.15, 0.2) is 0 Å². The SMILES string of the molecule is CN(Cc1ncn[nH]1)C(=O)CCn1cnc([N+](=O)[O-])c1. The molecular weight excluding hydrogens is 266 g/mol. The van der Waals surface area contributed by atoms with Crippen molar-refractivity contribution in [2.24, 2.45) is 0 Å². The van der Waals surface area contributed by atoms with E-state index in [1.54, 1.807) is 7.05 Å². The van der Waals surface area contributed by atoms with Gasteiger partial charge in [0, 0.05) is 20.0 Å². The van der Waals surface area contributed by atoms with Gasteiger partial charge in [0.2, 0.25) is 12.2 Å². The molecule has 2 aromatic heterocycles. The van der Waals surface area contributed by atoms with E-state index in [0.29, 0.717) is 18.9 Å². The Hall–Kier alpha value is -2.78. The van der Waals surface area contributed by atoms with Crippen molar-refractivity contribution in [2.45, 2.75) is 19.5 Å². The van der Waals surface area contributed by atoms with E-state index < -0.39 is 4.92 Å². The van der Waals surface area contributed by atoms with Gasteiger partial charge in [-0.2, -0.15) is 5.10 Å². The van der Waals surface area contributed by atoms with E-state index in [2.05, 4.69) is 20.2 Å². The largest absolute Gasteiger partial charge is 0.381 e. The minimum atomic E-state index is -0.575. The highest BCUT2D eigenvalue weighted by Gasteiger charge is 2.13. The molecule has 0 atom stereocenters. The number of nitro groups is 1. The molecule has 0 aliphatic carbocycles. The van der Waals surface area contributed by atoms with Gasteiger partial charge in [-0.05, 0) is 9.91 Å². The lowest BCUT2D eigenvalue weighted by atomic mass is 10.3. The van der Waals surface area contributed by atoms with E-state index in [-0.39, 0.29) is 18.1 Å². The van der Waals surface area contributed by atoms with Crippen LogP contribution in [0.1, 0.15) is 12.2 Å². The van der Waals surface area contributed by atoms with E-state index in [1.165, 1.54) is 28.3 Å². The van der Waals surface area contributed by atoms with E-state index >= 15 is 0 Å². The second kappa shape index (κ2) is 5.91. The number of amides is 1.